The number of aromatic amines is 1. The predicted molar refractivity (Wildman–Crippen MR) is 141 cm³/mol. The van der Waals surface area contributed by atoms with E-state index in [1.807, 2.05) is 31.4 Å². The van der Waals surface area contributed by atoms with Crippen LogP contribution in [-0.4, -0.2) is 63.1 Å². The number of anilines is 1. The molecule has 3 aromatic heterocycles. The highest BCUT2D eigenvalue weighted by Crippen LogP contribution is 2.28. The quantitative estimate of drug-likeness (QED) is 0.538. The first kappa shape index (κ1) is 25.0. The molecule has 0 bridgehead atoms. The summed E-state index contributed by atoms with van der Waals surface area (Å²) in [6.07, 6.45) is 7.78. The number of H-pyrrole nitrogens is 1. The Labute approximate surface area is 210 Å². The second-order valence-electron chi connectivity index (χ2n) is 8.59. The SMILES string of the molecule is CC.CN1CN(c2ncc(CN)cn2)C=C1CN1CCCC(c2nc(-c3cccs3)cc(=O)[nH]2)C1. The summed E-state index contributed by atoms with van der Waals surface area (Å²) in [6, 6.07) is 5.58. The maximum atomic E-state index is 12.3. The van der Waals surface area contributed by atoms with Crippen molar-refractivity contribution in [1.29, 1.82) is 0 Å². The van der Waals surface area contributed by atoms with Crippen molar-refractivity contribution >= 4 is 17.3 Å². The number of hydrogen-bond acceptors (Lipinski definition) is 9. The molecule has 0 aromatic carbocycles. The van der Waals surface area contributed by atoms with Crippen molar-refractivity contribution < 1.29 is 0 Å². The van der Waals surface area contributed by atoms with Crippen LogP contribution in [0.2, 0.25) is 0 Å². The lowest BCUT2D eigenvalue weighted by molar-refractivity contribution is 0.206. The molecule has 5 heterocycles. The van der Waals surface area contributed by atoms with Crippen molar-refractivity contribution in [3.63, 3.8) is 0 Å². The van der Waals surface area contributed by atoms with Gasteiger partial charge in [-0.1, -0.05) is 19.9 Å². The number of nitrogens with zero attached hydrogens (tertiary/aromatic N) is 6. The van der Waals surface area contributed by atoms with Gasteiger partial charge in [-0.15, -0.1) is 11.3 Å². The van der Waals surface area contributed by atoms with E-state index in [1.165, 1.54) is 5.70 Å². The molecule has 3 N–H and O–H groups in total. The summed E-state index contributed by atoms with van der Waals surface area (Å²) in [7, 11) is 2.09. The first-order valence-electron chi connectivity index (χ1n) is 12.2. The van der Waals surface area contributed by atoms with Gasteiger partial charge >= 0.3 is 0 Å². The van der Waals surface area contributed by atoms with Crippen molar-refractivity contribution in [2.75, 3.05) is 38.3 Å². The third-order valence-electron chi connectivity index (χ3n) is 6.16. The number of likely N-dealkylation sites (tertiary alicyclic amines) is 1. The second-order valence-corrected chi connectivity index (χ2v) is 9.54. The lowest BCUT2D eigenvalue weighted by Gasteiger charge is -2.33. The molecular formula is C25H34N8OS. The number of nitrogens with one attached hydrogen (secondary N) is 1. The summed E-state index contributed by atoms with van der Waals surface area (Å²) in [5.41, 5.74) is 8.46. The molecule has 1 saturated heterocycles. The first-order valence-corrected chi connectivity index (χ1v) is 13.0. The van der Waals surface area contributed by atoms with Crippen LogP contribution >= 0.6 is 11.3 Å². The first-order chi connectivity index (χ1) is 17.1. The van der Waals surface area contributed by atoms with Gasteiger partial charge in [-0.25, -0.2) is 15.0 Å². The van der Waals surface area contributed by atoms with E-state index < -0.39 is 0 Å². The Balaban J connectivity index is 0.00000141. The van der Waals surface area contributed by atoms with E-state index in [0.29, 0.717) is 19.2 Å². The fourth-order valence-electron chi connectivity index (χ4n) is 4.39. The van der Waals surface area contributed by atoms with Crippen molar-refractivity contribution in [2.45, 2.75) is 39.2 Å². The van der Waals surface area contributed by atoms with Gasteiger partial charge in [0.15, 0.2) is 0 Å². The molecule has 3 aromatic rings. The van der Waals surface area contributed by atoms with E-state index in [-0.39, 0.29) is 11.5 Å². The number of rotatable bonds is 6. The molecule has 0 amide bonds. The van der Waals surface area contributed by atoms with E-state index in [2.05, 4.69) is 42.9 Å². The van der Waals surface area contributed by atoms with Gasteiger partial charge in [0.05, 0.1) is 17.2 Å². The van der Waals surface area contributed by atoms with E-state index in [0.717, 1.165) is 54.4 Å². The highest BCUT2D eigenvalue weighted by Gasteiger charge is 2.27. The van der Waals surface area contributed by atoms with Crippen LogP contribution in [0, 0.1) is 0 Å². The number of thiophene rings is 1. The molecule has 0 saturated carbocycles. The van der Waals surface area contributed by atoms with Gasteiger partial charge in [0.2, 0.25) is 5.95 Å². The minimum absolute atomic E-state index is 0.0879. The summed E-state index contributed by atoms with van der Waals surface area (Å²) in [6.45, 7) is 7.88. The molecule has 1 atom stereocenters. The van der Waals surface area contributed by atoms with Gasteiger partial charge in [0, 0.05) is 68.5 Å². The van der Waals surface area contributed by atoms with E-state index >= 15 is 0 Å². The second kappa shape index (κ2) is 11.6. The summed E-state index contributed by atoms with van der Waals surface area (Å²) in [5.74, 6) is 1.68. The fraction of sp³-hybridized carbons (Fsp3) is 0.440. The van der Waals surface area contributed by atoms with Gasteiger partial charge in [-0.2, -0.15) is 0 Å². The molecule has 2 aliphatic heterocycles. The Bertz CT molecular complexity index is 1170. The lowest BCUT2D eigenvalue weighted by Crippen LogP contribution is -2.38. The molecule has 0 radical (unpaired) electrons. The Morgan fingerprint density at radius 1 is 1.26 bits per heavy atom. The maximum Gasteiger partial charge on any atom is 0.251 e. The highest BCUT2D eigenvalue weighted by molar-refractivity contribution is 7.13. The van der Waals surface area contributed by atoms with Crippen molar-refractivity contribution in [1.82, 2.24) is 29.7 Å². The number of piperidine rings is 1. The van der Waals surface area contributed by atoms with Crippen molar-refractivity contribution in [2.24, 2.45) is 5.73 Å². The summed E-state index contributed by atoms with van der Waals surface area (Å²) < 4.78 is 0. The predicted octanol–water partition coefficient (Wildman–Crippen LogP) is 3.20. The molecule has 2 aliphatic rings. The number of hydrogen-bond donors (Lipinski definition) is 2. The zero-order valence-electron chi connectivity index (χ0n) is 20.6. The minimum Gasteiger partial charge on any atom is -0.358 e. The third kappa shape index (κ3) is 5.95. The Morgan fingerprint density at radius 3 is 2.77 bits per heavy atom. The fourth-order valence-corrected chi connectivity index (χ4v) is 5.08. The van der Waals surface area contributed by atoms with Gasteiger partial charge in [0.1, 0.15) is 5.82 Å². The molecule has 186 valence electrons. The van der Waals surface area contributed by atoms with Crippen LogP contribution in [0.15, 0.2) is 52.7 Å². The van der Waals surface area contributed by atoms with Gasteiger partial charge in [-0.05, 0) is 30.8 Å². The van der Waals surface area contributed by atoms with Crippen LogP contribution in [0.4, 0.5) is 5.95 Å². The van der Waals surface area contributed by atoms with Crippen LogP contribution in [0.25, 0.3) is 10.6 Å². The van der Waals surface area contributed by atoms with Crippen LogP contribution in [0.3, 0.4) is 0 Å². The number of aromatic nitrogens is 4. The van der Waals surface area contributed by atoms with E-state index in [1.54, 1.807) is 29.8 Å². The average molecular weight is 495 g/mol. The zero-order valence-corrected chi connectivity index (χ0v) is 21.5. The number of likely N-dealkylation sites (N-methyl/N-ethyl adjacent to an activating group) is 1. The van der Waals surface area contributed by atoms with E-state index in [9.17, 15) is 4.79 Å². The Morgan fingerprint density at radius 2 is 2.06 bits per heavy atom. The maximum absolute atomic E-state index is 12.3. The monoisotopic (exact) mass is 494 g/mol. The summed E-state index contributed by atoms with van der Waals surface area (Å²) in [5, 5.41) is 2.01. The topological polar surface area (TPSA) is 107 Å². The molecule has 0 aliphatic carbocycles. The smallest absolute Gasteiger partial charge is 0.251 e. The number of nitrogens with two attached hydrogens (primary N) is 1. The average Bonchev–Trinajstić information content (AvgIpc) is 3.56. The molecule has 35 heavy (non-hydrogen) atoms. The van der Waals surface area contributed by atoms with Gasteiger partial charge in [0.25, 0.3) is 5.56 Å². The molecule has 0 spiro atoms. The standard InChI is InChI=1S/C23H28N8OS.C2H6/c1-29-15-31(23-25-10-16(9-24)11-26-23)14-18(29)13-30-6-2-4-17(12-30)22-27-19(8-21(32)28-22)20-5-3-7-33-20;1-2/h3,5,7-8,10-11,14,17H,2,4,6,9,12-13,15,24H2,1H3,(H,27,28,32);1-2H3. The molecule has 1 fully saturated rings. The molecule has 1 unspecified atom stereocenters. The van der Waals surface area contributed by atoms with Crippen LogP contribution in [0.5, 0.6) is 0 Å². The third-order valence-corrected chi connectivity index (χ3v) is 7.05. The Hall–Kier alpha value is -3.08. The minimum atomic E-state index is -0.0879. The van der Waals surface area contributed by atoms with Gasteiger partial charge < -0.3 is 15.6 Å². The highest BCUT2D eigenvalue weighted by atomic mass is 32.1. The molecule has 9 nitrogen and oxygen atoms in total. The van der Waals surface area contributed by atoms with E-state index in [4.69, 9.17) is 10.7 Å². The lowest BCUT2D eigenvalue weighted by atomic mass is 9.97. The van der Waals surface area contributed by atoms with Crippen LogP contribution in [0.1, 0.15) is 44.0 Å². The largest absolute Gasteiger partial charge is 0.358 e. The summed E-state index contributed by atoms with van der Waals surface area (Å²) in [4.78, 5) is 36.8. The van der Waals surface area contributed by atoms with Gasteiger partial charge in [-0.3, -0.25) is 14.6 Å². The normalized spacial score (nSPS) is 18.3. The molecule has 5 rings (SSSR count). The molecule has 10 heteroatoms. The zero-order chi connectivity index (χ0) is 24.8. The molecular weight excluding hydrogens is 460 g/mol. The van der Waals surface area contributed by atoms with Crippen molar-refractivity contribution in [3.05, 3.63) is 69.6 Å². The van der Waals surface area contributed by atoms with Crippen molar-refractivity contribution in [3.8, 4) is 10.6 Å². The van der Waals surface area contributed by atoms with Crippen LogP contribution in [-0.2, 0) is 6.54 Å². The summed E-state index contributed by atoms with van der Waals surface area (Å²) >= 11 is 1.60. The van der Waals surface area contributed by atoms with Crippen LogP contribution < -0.4 is 16.2 Å². The Kier molecular flexibility index (Phi) is 8.27.